The Bertz CT molecular complexity index is 376. The van der Waals surface area contributed by atoms with Crippen LogP contribution in [0.2, 0.25) is 10.0 Å². The Morgan fingerprint density at radius 2 is 2.00 bits per heavy atom. The smallest absolute Gasteiger partial charge is 0.224 e. The van der Waals surface area contributed by atoms with E-state index in [1.807, 2.05) is 6.92 Å². The fourth-order valence-corrected chi connectivity index (χ4v) is 1.83. The molecular weight excluding hydrogens is 259 g/mol. The van der Waals surface area contributed by atoms with Gasteiger partial charge in [0, 0.05) is 16.6 Å². The summed E-state index contributed by atoms with van der Waals surface area (Å²) in [5, 5.41) is 3.83. The van der Waals surface area contributed by atoms with E-state index in [9.17, 15) is 4.79 Å². The molecule has 1 atom stereocenters. The standard InChI is InChI=1S/C12H16Cl2N2O/c1-8(6-15)7-16-12(17)5-9-10(13)3-2-4-11(9)14/h2-4,8H,5-7,15H2,1H3,(H,16,17). The predicted molar refractivity (Wildman–Crippen MR) is 71.4 cm³/mol. The molecule has 0 heterocycles. The fourth-order valence-electron chi connectivity index (χ4n) is 1.30. The van der Waals surface area contributed by atoms with Crippen LogP contribution < -0.4 is 11.1 Å². The molecule has 0 radical (unpaired) electrons. The number of amides is 1. The molecule has 94 valence electrons. The lowest BCUT2D eigenvalue weighted by Gasteiger charge is -2.11. The molecule has 0 aliphatic heterocycles. The van der Waals surface area contributed by atoms with E-state index < -0.39 is 0 Å². The Labute approximate surface area is 111 Å². The minimum Gasteiger partial charge on any atom is -0.355 e. The molecule has 0 spiro atoms. The molecule has 0 saturated carbocycles. The summed E-state index contributed by atoms with van der Waals surface area (Å²) in [5.41, 5.74) is 6.13. The summed E-state index contributed by atoms with van der Waals surface area (Å²) in [6.45, 7) is 3.09. The van der Waals surface area contributed by atoms with Crippen LogP contribution in [0, 0.1) is 5.92 Å². The average Bonchev–Trinajstić information content (AvgIpc) is 2.31. The van der Waals surface area contributed by atoms with E-state index in [1.54, 1.807) is 18.2 Å². The highest BCUT2D eigenvalue weighted by Crippen LogP contribution is 2.24. The zero-order valence-corrected chi connectivity index (χ0v) is 11.2. The van der Waals surface area contributed by atoms with Gasteiger partial charge in [-0.05, 0) is 30.2 Å². The first-order valence-electron chi connectivity index (χ1n) is 5.44. The van der Waals surface area contributed by atoms with Gasteiger partial charge in [-0.3, -0.25) is 4.79 Å². The highest BCUT2D eigenvalue weighted by Gasteiger charge is 2.11. The van der Waals surface area contributed by atoms with Gasteiger partial charge in [0.1, 0.15) is 0 Å². The van der Waals surface area contributed by atoms with E-state index in [-0.39, 0.29) is 18.2 Å². The van der Waals surface area contributed by atoms with E-state index in [4.69, 9.17) is 28.9 Å². The molecule has 1 rings (SSSR count). The lowest BCUT2D eigenvalue weighted by atomic mass is 10.1. The summed E-state index contributed by atoms with van der Waals surface area (Å²) in [6, 6.07) is 5.19. The minimum absolute atomic E-state index is 0.0969. The summed E-state index contributed by atoms with van der Waals surface area (Å²) in [7, 11) is 0. The van der Waals surface area contributed by atoms with Gasteiger partial charge in [-0.25, -0.2) is 0 Å². The topological polar surface area (TPSA) is 55.1 Å². The zero-order valence-electron chi connectivity index (χ0n) is 9.67. The highest BCUT2D eigenvalue weighted by atomic mass is 35.5. The first kappa shape index (κ1) is 14.3. The van der Waals surface area contributed by atoms with Crippen LogP contribution in [0.5, 0.6) is 0 Å². The summed E-state index contributed by atoms with van der Waals surface area (Å²) >= 11 is 12.0. The van der Waals surface area contributed by atoms with Crippen LogP contribution in [-0.2, 0) is 11.2 Å². The first-order chi connectivity index (χ1) is 8.04. The van der Waals surface area contributed by atoms with Crippen LogP contribution in [0.15, 0.2) is 18.2 Å². The van der Waals surface area contributed by atoms with Crippen molar-refractivity contribution in [3.8, 4) is 0 Å². The second kappa shape index (κ2) is 6.84. The van der Waals surface area contributed by atoms with Crippen LogP contribution in [0.25, 0.3) is 0 Å². The van der Waals surface area contributed by atoms with Gasteiger partial charge in [0.2, 0.25) is 5.91 Å². The number of rotatable bonds is 5. The molecule has 0 fully saturated rings. The van der Waals surface area contributed by atoms with Crippen LogP contribution in [0.1, 0.15) is 12.5 Å². The third kappa shape index (κ3) is 4.54. The van der Waals surface area contributed by atoms with Gasteiger partial charge in [-0.15, -0.1) is 0 Å². The van der Waals surface area contributed by atoms with Crippen molar-refractivity contribution in [3.05, 3.63) is 33.8 Å². The molecule has 1 amide bonds. The Hall–Kier alpha value is -0.770. The molecule has 0 bridgehead atoms. The van der Waals surface area contributed by atoms with E-state index >= 15 is 0 Å². The van der Waals surface area contributed by atoms with Crippen LogP contribution in [-0.4, -0.2) is 19.0 Å². The Morgan fingerprint density at radius 3 is 2.53 bits per heavy atom. The van der Waals surface area contributed by atoms with Gasteiger partial charge in [0.05, 0.1) is 6.42 Å². The van der Waals surface area contributed by atoms with Crippen molar-refractivity contribution in [1.82, 2.24) is 5.32 Å². The zero-order chi connectivity index (χ0) is 12.8. The van der Waals surface area contributed by atoms with Crippen molar-refractivity contribution in [3.63, 3.8) is 0 Å². The molecule has 17 heavy (non-hydrogen) atoms. The number of nitrogens with two attached hydrogens (primary N) is 1. The number of hydrogen-bond donors (Lipinski definition) is 2. The Morgan fingerprint density at radius 1 is 1.41 bits per heavy atom. The monoisotopic (exact) mass is 274 g/mol. The van der Waals surface area contributed by atoms with Gasteiger partial charge in [-0.2, -0.15) is 0 Å². The third-order valence-electron chi connectivity index (χ3n) is 2.45. The number of carbonyl (C=O) groups excluding carboxylic acids is 1. The first-order valence-corrected chi connectivity index (χ1v) is 6.19. The maximum absolute atomic E-state index is 11.7. The second-order valence-corrected chi connectivity index (χ2v) is 4.84. The van der Waals surface area contributed by atoms with Crippen LogP contribution in [0.3, 0.4) is 0 Å². The van der Waals surface area contributed by atoms with Crippen molar-refractivity contribution in [2.75, 3.05) is 13.1 Å². The Kier molecular flexibility index (Phi) is 5.75. The van der Waals surface area contributed by atoms with Crippen molar-refractivity contribution < 1.29 is 4.79 Å². The summed E-state index contributed by atoms with van der Waals surface area (Å²) in [5.74, 6) is 0.168. The normalized spacial score (nSPS) is 12.2. The van der Waals surface area contributed by atoms with Crippen molar-refractivity contribution in [2.24, 2.45) is 11.7 Å². The van der Waals surface area contributed by atoms with Gasteiger partial charge in [0.15, 0.2) is 0 Å². The maximum Gasteiger partial charge on any atom is 0.224 e. The molecule has 0 saturated heterocycles. The predicted octanol–water partition coefficient (Wildman–Crippen LogP) is 2.25. The molecule has 0 aliphatic carbocycles. The van der Waals surface area contributed by atoms with E-state index in [1.165, 1.54) is 0 Å². The van der Waals surface area contributed by atoms with Gasteiger partial charge < -0.3 is 11.1 Å². The molecule has 1 unspecified atom stereocenters. The lowest BCUT2D eigenvalue weighted by Crippen LogP contribution is -2.32. The second-order valence-electron chi connectivity index (χ2n) is 4.02. The largest absolute Gasteiger partial charge is 0.355 e. The minimum atomic E-state index is -0.0969. The number of benzene rings is 1. The molecular formula is C12H16Cl2N2O. The van der Waals surface area contributed by atoms with Gasteiger partial charge in [-0.1, -0.05) is 36.2 Å². The SMILES string of the molecule is CC(CN)CNC(=O)Cc1c(Cl)cccc1Cl. The number of carbonyl (C=O) groups is 1. The number of nitrogens with one attached hydrogen (secondary N) is 1. The maximum atomic E-state index is 11.7. The van der Waals surface area contributed by atoms with Crippen LogP contribution in [0.4, 0.5) is 0 Å². The van der Waals surface area contributed by atoms with E-state index in [2.05, 4.69) is 5.32 Å². The number of halogens is 2. The summed E-state index contributed by atoms with van der Waals surface area (Å²) in [4.78, 5) is 11.7. The summed E-state index contributed by atoms with van der Waals surface area (Å²) in [6.07, 6.45) is 0.190. The lowest BCUT2D eigenvalue weighted by molar-refractivity contribution is -0.120. The quantitative estimate of drug-likeness (QED) is 0.866. The number of hydrogen-bond acceptors (Lipinski definition) is 2. The molecule has 1 aromatic rings. The van der Waals surface area contributed by atoms with E-state index in [0.29, 0.717) is 28.7 Å². The van der Waals surface area contributed by atoms with Gasteiger partial charge >= 0.3 is 0 Å². The molecule has 3 nitrogen and oxygen atoms in total. The third-order valence-corrected chi connectivity index (χ3v) is 3.16. The average molecular weight is 275 g/mol. The summed E-state index contributed by atoms with van der Waals surface area (Å²) < 4.78 is 0. The molecule has 5 heteroatoms. The van der Waals surface area contributed by atoms with Crippen molar-refractivity contribution in [2.45, 2.75) is 13.3 Å². The fraction of sp³-hybridized carbons (Fsp3) is 0.417. The molecule has 3 N–H and O–H groups in total. The molecule has 0 aliphatic rings. The van der Waals surface area contributed by atoms with Crippen LogP contribution >= 0.6 is 23.2 Å². The van der Waals surface area contributed by atoms with Gasteiger partial charge in [0.25, 0.3) is 0 Å². The Balaban J connectivity index is 2.56. The molecule has 0 aromatic heterocycles. The van der Waals surface area contributed by atoms with E-state index in [0.717, 1.165) is 0 Å². The molecule has 1 aromatic carbocycles. The highest BCUT2D eigenvalue weighted by molar-refractivity contribution is 6.36. The van der Waals surface area contributed by atoms with Crippen molar-refractivity contribution >= 4 is 29.1 Å². The van der Waals surface area contributed by atoms with Crippen molar-refractivity contribution in [1.29, 1.82) is 0 Å².